The summed E-state index contributed by atoms with van der Waals surface area (Å²) in [4.78, 5) is 2.27. The van der Waals surface area contributed by atoms with E-state index in [-0.39, 0.29) is 5.84 Å². The molecule has 110 valence electrons. The number of nitrogen functional groups attached to an aromatic ring is 1. The summed E-state index contributed by atoms with van der Waals surface area (Å²) < 4.78 is 5.74. The number of nitrogens with two attached hydrogens (primary N) is 1. The molecule has 0 aliphatic rings. The van der Waals surface area contributed by atoms with Crippen molar-refractivity contribution in [3.05, 3.63) is 60.2 Å². The standard InChI is InChI=1S/C17H21N3O/c1-2-20(15-6-4-3-5-7-15)12-13-21-16-10-8-14(9-11-16)17(18)19/h3-11H,2,12-13H2,1H3,(H3,18,19). The Morgan fingerprint density at radius 1 is 1.10 bits per heavy atom. The molecule has 0 radical (unpaired) electrons. The number of rotatable bonds is 7. The van der Waals surface area contributed by atoms with Gasteiger partial charge in [-0.2, -0.15) is 0 Å². The molecule has 4 heteroatoms. The van der Waals surface area contributed by atoms with Gasteiger partial charge in [0, 0.05) is 17.8 Å². The van der Waals surface area contributed by atoms with Gasteiger partial charge in [0.05, 0.1) is 6.54 Å². The average Bonchev–Trinajstić information content (AvgIpc) is 2.53. The van der Waals surface area contributed by atoms with E-state index in [1.54, 1.807) is 12.1 Å². The maximum Gasteiger partial charge on any atom is 0.122 e. The van der Waals surface area contributed by atoms with Gasteiger partial charge in [-0.15, -0.1) is 0 Å². The number of likely N-dealkylation sites (N-methyl/N-ethyl adjacent to an activating group) is 1. The molecule has 0 fully saturated rings. The number of nitrogens with zero attached hydrogens (tertiary/aromatic N) is 1. The molecule has 0 aliphatic heterocycles. The van der Waals surface area contributed by atoms with Crippen LogP contribution in [0.2, 0.25) is 0 Å². The molecule has 0 unspecified atom stereocenters. The van der Waals surface area contributed by atoms with E-state index in [1.807, 2.05) is 30.3 Å². The first kappa shape index (κ1) is 14.9. The molecule has 0 aliphatic carbocycles. The second kappa shape index (κ2) is 7.33. The molecule has 21 heavy (non-hydrogen) atoms. The van der Waals surface area contributed by atoms with Gasteiger partial charge >= 0.3 is 0 Å². The van der Waals surface area contributed by atoms with Crippen molar-refractivity contribution in [1.82, 2.24) is 0 Å². The third kappa shape index (κ3) is 4.24. The van der Waals surface area contributed by atoms with E-state index in [9.17, 15) is 0 Å². The van der Waals surface area contributed by atoms with Gasteiger partial charge < -0.3 is 15.4 Å². The zero-order valence-corrected chi connectivity index (χ0v) is 12.3. The molecule has 0 spiro atoms. The van der Waals surface area contributed by atoms with Crippen LogP contribution < -0.4 is 15.4 Å². The fraction of sp³-hybridized carbons (Fsp3) is 0.235. The van der Waals surface area contributed by atoms with Crippen LogP contribution >= 0.6 is 0 Å². The molecular weight excluding hydrogens is 262 g/mol. The Bertz CT molecular complexity index is 566. The molecule has 0 saturated carbocycles. The molecule has 0 heterocycles. The monoisotopic (exact) mass is 283 g/mol. The zero-order chi connectivity index (χ0) is 15.1. The molecule has 0 saturated heterocycles. The number of benzene rings is 2. The molecular formula is C17H21N3O. The van der Waals surface area contributed by atoms with Gasteiger partial charge in [-0.3, -0.25) is 5.41 Å². The van der Waals surface area contributed by atoms with Gasteiger partial charge in [-0.05, 0) is 43.3 Å². The molecule has 2 rings (SSSR count). The zero-order valence-electron chi connectivity index (χ0n) is 12.3. The number of para-hydroxylation sites is 1. The fourth-order valence-electron chi connectivity index (χ4n) is 2.11. The van der Waals surface area contributed by atoms with Gasteiger partial charge in [-0.1, -0.05) is 18.2 Å². The van der Waals surface area contributed by atoms with Crippen molar-refractivity contribution in [1.29, 1.82) is 5.41 Å². The van der Waals surface area contributed by atoms with Crippen LogP contribution in [0.3, 0.4) is 0 Å². The quantitative estimate of drug-likeness (QED) is 0.606. The van der Waals surface area contributed by atoms with E-state index in [0.29, 0.717) is 12.2 Å². The van der Waals surface area contributed by atoms with Crippen molar-refractivity contribution in [3.63, 3.8) is 0 Å². The highest BCUT2D eigenvalue weighted by atomic mass is 16.5. The summed E-state index contributed by atoms with van der Waals surface area (Å²) in [6.07, 6.45) is 0. The van der Waals surface area contributed by atoms with Crippen LogP contribution in [0, 0.1) is 5.41 Å². The SMILES string of the molecule is CCN(CCOc1ccc(C(=N)N)cc1)c1ccccc1. The summed E-state index contributed by atoms with van der Waals surface area (Å²) in [5.74, 6) is 0.868. The Balaban J connectivity index is 1.87. The van der Waals surface area contributed by atoms with Crippen LogP contribution in [0.15, 0.2) is 54.6 Å². The number of hydrogen-bond donors (Lipinski definition) is 2. The van der Waals surface area contributed by atoms with Crippen molar-refractivity contribution >= 4 is 11.5 Å². The van der Waals surface area contributed by atoms with Crippen molar-refractivity contribution in [2.45, 2.75) is 6.92 Å². The third-order valence-corrected chi connectivity index (χ3v) is 3.30. The summed E-state index contributed by atoms with van der Waals surface area (Å²) >= 11 is 0. The number of ether oxygens (including phenoxy) is 1. The summed E-state index contributed by atoms with van der Waals surface area (Å²) in [6.45, 7) is 4.52. The second-order valence-electron chi connectivity index (χ2n) is 4.70. The summed E-state index contributed by atoms with van der Waals surface area (Å²) in [5, 5.41) is 7.35. The Labute approximate surface area is 125 Å². The number of hydrogen-bond acceptors (Lipinski definition) is 3. The lowest BCUT2D eigenvalue weighted by Crippen LogP contribution is -2.27. The van der Waals surface area contributed by atoms with Crippen LogP contribution in [0.5, 0.6) is 5.75 Å². The molecule has 3 N–H and O–H groups in total. The van der Waals surface area contributed by atoms with E-state index in [1.165, 1.54) is 5.69 Å². The van der Waals surface area contributed by atoms with Crippen LogP contribution in [0.25, 0.3) is 0 Å². The predicted molar refractivity (Wildman–Crippen MR) is 87.3 cm³/mol. The van der Waals surface area contributed by atoms with E-state index in [2.05, 4.69) is 24.0 Å². The first-order valence-corrected chi connectivity index (χ1v) is 7.08. The third-order valence-electron chi connectivity index (χ3n) is 3.30. The van der Waals surface area contributed by atoms with Crippen molar-refractivity contribution in [2.24, 2.45) is 5.73 Å². The predicted octanol–water partition coefficient (Wildman–Crippen LogP) is 2.88. The molecule has 0 amide bonds. The lowest BCUT2D eigenvalue weighted by Gasteiger charge is -2.23. The van der Waals surface area contributed by atoms with Crippen molar-refractivity contribution in [2.75, 3.05) is 24.6 Å². The van der Waals surface area contributed by atoms with Gasteiger partial charge in [-0.25, -0.2) is 0 Å². The van der Waals surface area contributed by atoms with E-state index < -0.39 is 0 Å². The molecule has 0 atom stereocenters. The van der Waals surface area contributed by atoms with E-state index >= 15 is 0 Å². The lowest BCUT2D eigenvalue weighted by molar-refractivity contribution is 0.324. The average molecular weight is 283 g/mol. The fourth-order valence-corrected chi connectivity index (χ4v) is 2.11. The minimum absolute atomic E-state index is 0.0720. The highest BCUT2D eigenvalue weighted by Gasteiger charge is 2.04. The van der Waals surface area contributed by atoms with Crippen LogP contribution in [0.4, 0.5) is 5.69 Å². The van der Waals surface area contributed by atoms with Gasteiger partial charge in [0.25, 0.3) is 0 Å². The minimum Gasteiger partial charge on any atom is -0.492 e. The highest BCUT2D eigenvalue weighted by Crippen LogP contribution is 2.14. The topological polar surface area (TPSA) is 62.3 Å². The summed E-state index contributed by atoms with van der Waals surface area (Å²) in [5.41, 5.74) is 7.34. The molecule has 0 aromatic heterocycles. The number of anilines is 1. The number of amidine groups is 1. The molecule has 2 aromatic carbocycles. The second-order valence-corrected chi connectivity index (χ2v) is 4.70. The summed E-state index contributed by atoms with van der Waals surface area (Å²) in [6, 6.07) is 17.6. The first-order valence-electron chi connectivity index (χ1n) is 7.08. The Kier molecular flexibility index (Phi) is 5.21. The largest absolute Gasteiger partial charge is 0.492 e. The highest BCUT2D eigenvalue weighted by molar-refractivity contribution is 5.94. The molecule has 0 bridgehead atoms. The van der Waals surface area contributed by atoms with Gasteiger partial charge in [0.2, 0.25) is 0 Å². The van der Waals surface area contributed by atoms with Crippen LogP contribution in [-0.2, 0) is 0 Å². The Morgan fingerprint density at radius 3 is 2.33 bits per heavy atom. The maximum absolute atomic E-state index is 7.35. The van der Waals surface area contributed by atoms with Crippen molar-refractivity contribution < 1.29 is 4.74 Å². The summed E-state index contributed by atoms with van der Waals surface area (Å²) in [7, 11) is 0. The van der Waals surface area contributed by atoms with E-state index in [0.717, 1.165) is 18.8 Å². The minimum atomic E-state index is 0.0720. The Morgan fingerprint density at radius 2 is 1.76 bits per heavy atom. The van der Waals surface area contributed by atoms with Crippen LogP contribution in [-0.4, -0.2) is 25.5 Å². The van der Waals surface area contributed by atoms with Gasteiger partial charge in [0.1, 0.15) is 18.2 Å². The molecule has 2 aromatic rings. The normalized spacial score (nSPS) is 10.1. The number of nitrogens with one attached hydrogen (secondary N) is 1. The first-order chi connectivity index (χ1) is 10.2. The maximum atomic E-state index is 7.35. The van der Waals surface area contributed by atoms with Crippen molar-refractivity contribution in [3.8, 4) is 5.75 Å². The van der Waals surface area contributed by atoms with E-state index in [4.69, 9.17) is 15.9 Å². The van der Waals surface area contributed by atoms with Gasteiger partial charge in [0.15, 0.2) is 0 Å². The molecule has 4 nitrogen and oxygen atoms in total. The smallest absolute Gasteiger partial charge is 0.122 e. The lowest BCUT2D eigenvalue weighted by atomic mass is 10.2. The Hall–Kier alpha value is -2.49. The van der Waals surface area contributed by atoms with Crippen LogP contribution in [0.1, 0.15) is 12.5 Å².